The van der Waals surface area contributed by atoms with E-state index >= 15 is 0 Å². The van der Waals surface area contributed by atoms with E-state index in [2.05, 4.69) is 10.6 Å². The van der Waals surface area contributed by atoms with Crippen molar-refractivity contribution in [2.75, 3.05) is 40.0 Å². The first-order valence-electron chi connectivity index (χ1n) is 6.35. The molecule has 0 saturated carbocycles. The standard InChI is InChI=1S/C12H24N2O3.ClH/c1-10(8-13-2)12(15)14-5-3-6-17-11-4-7-16-9-11;/h10-11,13H,3-9H2,1-2H3,(H,14,15);1H. The van der Waals surface area contributed by atoms with Crippen LogP contribution in [-0.2, 0) is 14.3 Å². The van der Waals surface area contributed by atoms with Crippen LogP contribution in [0.1, 0.15) is 19.8 Å². The van der Waals surface area contributed by atoms with Gasteiger partial charge in [0.2, 0.25) is 5.91 Å². The molecule has 1 aliphatic heterocycles. The average molecular weight is 281 g/mol. The van der Waals surface area contributed by atoms with E-state index in [9.17, 15) is 4.79 Å². The Hall–Kier alpha value is -0.360. The fourth-order valence-electron chi connectivity index (χ4n) is 1.75. The summed E-state index contributed by atoms with van der Waals surface area (Å²) in [5.74, 6) is 0.118. The van der Waals surface area contributed by atoms with Crippen molar-refractivity contribution in [2.24, 2.45) is 5.92 Å². The van der Waals surface area contributed by atoms with Crippen LogP contribution in [0.3, 0.4) is 0 Å². The van der Waals surface area contributed by atoms with Gasteiger partial charge in [0.05, 0.1) is 12.7 Å². The average Bonchev–Trinajstić information content (AvgIpc) is 2.81. The second kappa shape index (κ2) is 10.6. The molecule has 0 aromatic heterocycles. The smallest absolute Gasteiger partial charge is 0.224 e. The predicted octanol–water partition coefficient (Wildman–Crippen LogP) is 0.576. The normalized spacial score (nSPS) is 20.2. The fourth-order valence-corrected chi connectivity index (χ4v) is 1.75. The third-order valence-corrected chi connectivity index (χ3v) is 2.82. The summed E-state index contributed by atoms with van der Waals surface area (Å²) >= 11 is 0. The summed E-state index contributed by atoms with van der Waals surface area (Å²) in [5.41, 5.74) is 0. The molecule has 18 heavy (non-hydrogen) atoms. The van der Waals surface area contributed by atoms with Gasteiger partial charge < -0.3 is 20.1 Å². The molecule has 0 spiro atoms. The summed E-state index contributed by atoms with van der Waals surface area (Å²) in [6.07, 6.45) is 2.11. The van der Waals surface area contributed by atoms with E-state index < -0.39 is 0 Å². The van der Waals surface area contributed by atoms with E-state index in [-0.39, 0.29) is 30.3 Å². The molecule has 0 radical (unpaired) electrons. The first-order chi connectivity index (χ1) is 8.24. The van der Waals surface area contributed by atoms with Crippen LogP contribution >= 0.6 is 12.4 Å². The molecule has 2 unspecified atom stereocenters. The molecule has 0 bridgehead atoms. The lowest BCUT2D eigenvalue weighted by molar-refractivity contribution is -0.124. The van der Waals surface area contributed by atoms with Crippen molar-refractivity contribution >= 4 is 18.3 Å². The van der Waals surface area contributed by atoms with Gasteiger partial charge >= 0.3 is 0 Å². The van der Waals surface area contributed by atoms with Gasteiger partial charge in [-0.2, -0.15) is 0 Å². The molecule has 108 valence electrons. The van der Waals surface area contributed by atoms with Crippen LogP contribution in [0.15, 0.2) is 0 Å². The van der Waals surface area contributed by atoms with Gasteiger partial charge in [-0.3, -0.25) is 4.79 Å². The molecular formula is C12H25ClN2O3. The van der Waals surface area contributed by atoms with Gasteiger partial charge in [0.25, 0.3) is 0 Å². The van der Waals surface area contributed by atoms with Crippen molar-refractivity contribution in [1.82, 2.24) is 10.6 Å². The van der Waals surface area contributed by atoms with E-state index in [1.165, 1.54) is 0 Å². The third kappa shape index (κ3) is 7.16. The number of rotatable bonds is 8. The minimum absolute atomic E-state index is 0. The molecule has 1 rings (SSSR count). The zero-order valence-corrected chi connectivity index (χ0v) is 12.1. The van der Waals surface area contributed by atoms with Crippen LogP contribution in [0.5, 0.6) is 0 Å². The number of halogens is 1. The second-order valence-corrected chi connectivity index (χ2v) is 4.46. The summed E-state index contributed by atoms with van der Waals surface area (Å²) in [5, 5.41) is 5.89. The molecule has 1 amide bonds. The largest absolute Gasteiger partial charge is 0.379 e. The van der Waals surface area contributed by atoms with Gasteiger partial charge in [0, 0.05) is 32.2 Å². The summed E-state index contributed by atoms with van der Waals surface area (Å²) in [4.78, 5) is 11.5. The van der Waals surface area contributed by atoms with Crippen molar-refractivity contribution < 1.29 is 14.3 Å². The molecule has 0 aromatic rings. The SMILES string of the molecule is CNCC(C)C(=O)NCCCOC1CCOC1.Cl. The lowest BCUT2D eigenvalue weighted by Gasteiger charge is -2.12. The topological polar surface area (TPSA) is 59.6 Å². The van der Waals surface area contributed by atoms with E-state index in [0.29, 0.717) is 26.3 Å². The van der Waals surface area contributed by atoms with E-state index in [0.717, 1.165) is 19.4 Å². The van der Waals surface area contributed by atoms with E-state index in [1.807, 2.05) is 14.0 Å². The Morgan fingerprint density at radius 1 is 1.56 bits per heavy atom. The summed E-state index contributed by atoms with van der Waals surface area (Å²) in [6.45, 7) is 5.52. The molecule has 2 atom stereocenters. The predicted molar refractivity (Wildman–Crippen MR) is 73.1 cm³/mol. The van der Waals surface area contributed by atoms with Crippen molar-refractivity contribution in [3.63, 3.8) is 0 Å². The van der Waals surface area contributed by atoms with Gasteiger partial charge in [0.15, 0.2) is 0 Å². The number of amides is 1. The van der Waals surface area contributed by atoms with Crippen LogP contribution in [-0.4, -0.2) is 52.0 Å². The molecule has 1 aliphatic rings. The number of hydrogen-bond acceptors (Lipinski definition) is 4. The molecule has 0 aromatic carbocycles. The van der Waals surface area contributed by atoms with Crippen LogP contribution in [0.2, 0.25) is 0 Å². The maximum absolute atomic E-state index is 11.5. The van der Waals surface area contributed by atoms with Gasteiger partial charge in [-0.05, 0) is 19.9 Å². The van der Waals surface area contributed by atoms with Crippen LogP contribution < -0.4 is 10.6 Å². The van der Waals surface area contributed by atoms with E-state index in [4.69, 9.17) is 9.47 Å². The highest BCUT2D eigenvalue weighted by molar-refractivity contribution is 5.85. The lowest BCUT2D eigenvalue weighted by Crippen LogP contribution is -2.35. The van der Waals surface area contributed by atoms with Crippen LogP contribution in [0, 0.1) is 5.92 Å². The van der Waals surface area contributed by atoms with Crippen molar-refractivity contribution in [2.45, 2.75) is 25.9 Å². The molecule has 1 saturated heterocycles. The molecule has 2 N–H and O–H groups in total. The molecular weight excluding hydrogens is 256 g/mol. The van der Waals surface area contributed by atoms with Gasteiger partial charge in [0.1, 0.15) is 0 Å². The second-order valence-electron chi connectivity index (χ2n) is 4.46. The maximum Gasteiger partial charge on any atom is 0.224 e. The van der Waals surface area contributed by atoms with Crippen molar-refractivity contribution in [3.8, 4) is 0 Å². The van der Waals surface area contributed by atoms with Gasteiger partial charge in [-0.1, -0.05) is 6.92 Å². The zero-order valence-electron chi connectivity index (χ0n) is 11.2. The zero-order chi connectivity index (χ0) is 12.5. The first-order valence-corrected chi connectivity index (χ1v) is 6.35. The minimum atomic E-state index is 0. The molecule has 1 heterocycles. The van der Waals surface area contributed by atoms with Gasteiger partial charge in [-0.25, -0.2) is 0 Å². The van der Waals surface area contributed by atoms with Gasteiger partial charge in [-0.15, -0.1) is 12.4 Å². The molecule has 6 heteroatoms. The first kappa shape index (κ1) is 17.6. The summed E-state index contributed by atoms with van der Waals surface area (Å²) < 4.78 is 10.8. The van der Waals surface area contributed by atoms with E-state index in [1.54, 1.807) is 0 Å². The molecule has 0 aliphatic carbocycles. The Morgan fingerprint density at radius 3 is 2.94 bits per heavy atom. The van der Waals surface area contributed by atoms with Crippen LogP contribution in [0.4, 0.5) is 0 Å². The number of carbonyl (C=O) groups excluding carboxylic acids is 1. The maximum atomic E-state index is 11.5. The summed E-state index contributed by atoms with van der Waals surface area (Å²) in [6, 6.07) is 0. The Kier molecular flexibility index (Phi) is 10.3. The monoisotopic (exact) mass is 280 g/mol. The Balaban J connectivity index is 0.00000289. The third-order valence-electron chi connectivity index (χ3n) is 2.82. The summed E-state index contributed by atoms with van der Waals surface area (Å²) in [7, 11) is 1.85. The minimum Gasteiger partial charge on any atom is -0.379 e. The quantitative estimate of drug-likeness (QED) is 0.639. The number of hydrogen-bond donors (Lipinski definition) is 2. The lowest BCUT2D eigenvalue weighted by atomic mass is 10.1. The van der Waals surface area contributed by atoms with Crippen molar-refractivity contribution in [3.05, 3.63) is 0 Å². The molecule has 5 nitrogen and oxygen atoms in total. The highest BCUT2D eigenvalue weighted by atomic mass is 35.5. The Bertz CT molecular complexity index is 223. The highest BCUT2D eigenvalue weighted by Gasteiger charge is 2.15. The number of nitrogens with one attached hydrogen (secondary N) is 2. The molecule has 1 fully saturated rings. The Labute approximate surface area is 115 Å². The highest BCUT2D eigenvalue weighted by Crippen LogP contribution is 2.07. The fraction of sp³-hybridized carbons (Fsp3) is 0.917. The van der Waals surface area contributed by atoms with Crippen LogP contribution in [0.25, 0.3) is 0 Å². The number of carbonyl (C=O) groups is 1. The number of ether oxygens (including phenoxy) is 2. The van der Waals surface area contributed by atoms with Crippen molar-refractivity contribution in [1.29, 1.82) is 0 Å². The Morgan fingerprint density at radius 2 is 2.33 bits per heavy atom.